The first-order chi connectivity index (χ1) is 5.37. The van der Waals surface area contributed by atoms with Gasteiger partial charge in [0.15, 0.2) is 0 Å². The molecular weight excluding hydrogens is 154 g/mol. The van der Waals surface area contributed by atoms with Gasteiger partial charge >= 0.3 is 0 Å². The van der Waals surface area contributed by atoms with E-state index in [2.05, 4.69) is 0 Å². The molecule has 3 heteroatoms. The van der Waals surface area contributed by atoms with Crippen molar-refractivity contribution >= 4 is 0 Å². The molecule has 3 nitrogen and oxygen atoms in total. The third-order valence-electron chi connectivity index (χ3n) is 1.65. The summed E-state index contributed by atoms with van der Waals surface area (Å²) < 4.78 is 11.0. The average Bonchev–Trinajstić information content (AvgIpc) is 2.01. The van der Waals surface area contributed by atoms with Crippen molar-refractivity contribution < 1.29 is 9.47 Å². The molecule has 0 N–H and O–H groups in total. The minimum atomic E-state index is -0.619. The van der Waals surface area contributed by atoms with Crippen molar-refractivity contribution in [3.63, 3.8) is 0 Å². The van der Waals surface area contributed by atoms with Crippen molar-refractivity contribution in [1.29, 1.82) is 5.26 Å². The number of hydrogen-bond acceptors (Lipinski definition) is 3. The monoisotopic (exact) mass is 167 g/mol. The highest BCUT2D eigenvalue weighted by atomic mass is 16.8. The highest BCUT2D eigenvalue weighted by Crippen LogP contribution is 2.38. The molecule has 66 valence electrons. The molecule has 0 radical (unpaired) electrons. The molecule has 1 saturated heterocycles. The minimum Gasteiger partial charge on any atom is -0.463 e. The Bertz CT molecular complexity index is 258. The van der Waals surface area contributed by atoms with Crippen LogP contribution in [0.2, 0.25) is 0 Å². The number of rotatable bonds is 0. The van der Waals surface area contributed by atoms with E-state index < -0.39 is 11.4 Å². The van der Waals surface area contributed by atoms with Gasteiger partial charge in [0.05, 0.1) is 12.1 Å². The van der Waals surface area contributed by atoms with Crippen LogP contribution in [0.3, 0.4) is 0 Å². The normalized spacial score (nSPS) is 28.1. The van der Waals surface area contributed by atoms with E-state index in [1.165, 1.54) is 6.08 Å². The van der Waals surface area contributed by atoms with Gasteiger partial charge in [-0.15, -0.1) is 0 Å². The zero-order valence-corrected chi connectivity index (χ0v) is 7.84. The Hall–Kier alpha value is -1.01. The number of ether oxygens (including phenoxy) is 2. The van der Waals surface area contributed by atoms with Crippen molar-refractivity contribution in [3.8, 4) is 6.07 Å². The lowest BCUT2D eigenvalue weighted by molar-refractivity contribution is -0.151. The summed E-state index contributed by atoms with van der Waals surface area (Å²) in [5.74, 6) is -0.0263. The molecule has 0 bridgehead atoms. The summed E-state index contributed by atoms with van der Waals surface area (Å²) in [5.41, 5.74) is -0.487. The van der Waals surface area contributed by atoms with Crippen LogP contribution in [0.25, 0.3) is 0 Å². The first-order valence-corrected chi connectivity index (χ1v) is 3.87. The van der Waals surface area contributed by atoms with E-state index in [1.807, 2.05) is 33.8 Å². The number of nitrogens with zero attached hydrogens (tertiary/aromatic N) is 1. The Balaban J connectivity index is 2.94. The van der Waals surface area contributed by atoms with E-state index in [0.717, 1.165) is 0 Å². The molecule has 0 atom stereocenters. The number of nitriles is 1. The standard InChI is InChI=1S/C9H13NO2/c1-8(2)7(5-6-10)11-9(3,4)12-8/h5H,1-4H3/b7-5+. The maximum Gasteiger partial charge on any atom is 0.205 e. The lowest BCUT2D eigenvalue weighted by Gasteiger charge is -2.18. The largest absolute Gasteiger partial charge is 0.463 e. The Morgan fingerprint density at radius 3 is 2.25 bits per heavy atom. The summed E-state index contributed by atoms with van der Waals surface area (Å²) in [6.45, 7) is 7.41. The predicted molar refractivity (Wildman–Crippen MR) is 44.0 cm³/mol. The van der Waals surface area contributed by atoms with Gasteiger partial charge in [0.2, 0.25) is 5.79 Å². The third-order valence-corrected chi connectivity index (χ3v) is 1.65. The van der Waals surface area contributed by atoms with Gasteiger partial charge in [0.1, 0.15) is 11.4 Å². The first kappa shape index (κ1) is 9.08. The molecule has 0 aromatic carbocycles. The van der Waals surface area contributed by atoms with E-state index in [9.17, 15) is 0 Å². The van der Waals surface area contributed by atoms with Crippen LogP contribution in [0.4, 0.5) is 0 Å². The van der Waals surface area contributed by atoms with E-state index in [1.54, 1.807) is 0 Å². The second-order valence-corrected chi connectivity index (χ2v) is 3.75. The number of hydrogen-bond donors (Lipinski definition) is 0. The molecule has 0 aromatic rings. The fraction of sp³-hybridized carbons (Fsp3) is 0.667. The zero-order valence-electron chi connectivity index (χ0n) is 7.84. The Labute approximate surface area is 72.6 Å². The van der Waals surface area contributed by atoms with Gasteiger partial charge in [0.25, 0.3) is 0 Å². The van der Waals surface area contributed by atoms with Gasteiger partial charge in [-0.25, -0.2) is 0 Å². The van der Waals surface area contributed by atoms with Gasteiger partial charge in [0, 0.05) is 13.8 Å². The van der Waals surface area contributed by atoms with Crippen LogP contribution in [-0.2, 0) is 9.47 Å². The lowest BCUT2D eigenvalue weighted by atomic mass is 10.1. The molecular formula is C9H13NO2. The molecule has 0 amide bonds. The molecule has 0 aliphatic carbocycles. The van der Waals surface area contributed by atoms with Crippen molar-refractivity contribution in [3.05, 3.63) is 11.8 Å². The SMILES string of the molecule is CC1(C)O/C(=C/C#N)C(C)(C)O1. The Morgan fingerprint density at radius 1 is 1.33 bits per heavy atom. The third kappa shape index (κ3) is 1.59. The molecule has 0 aromatic heterocycles. The van der Waals surface area contributed by atoms with E-state index >= 15 is 0 Å². The Kier molecular flexibility index (Phi) is 1.89. The van der Waals surface area contributed by atoms with Crippen LogP contribution >= 0.6 is 0 Å². The van der Waals surface area contributed by atoms with Crippen molar-refractivity contribution in [2.24, 2.45) is 0 Å². The summed E-state index contributed by atoms with van der Waals surface area (Å²) in [6, 6.07) is 1.94. The van der Waals surface area contributed by atoms with Gasteiger partial charge in [-0.1, -0.05) is 0 Å². The van der Waals surface area contributed by atoms with Crippen molar-refractivity contribution in [1.82, 2.24) is 0 Å². The quantitative estimate of drug-likeness (QED) is 0.518. The van der Waals surface area contributed by atoms with Gasteiger partial charge in [-0.05, 0) is 13.8 Å². The lowest BCUT2D eigenvalue weighted by Crippen LogP contribution is -2.26. The van der Waals surface area contributed by atoms with E-state index in [0.29, 0.717) is 5.76 Å². The minimum absolute atomic E-state index is 0.487. The fourth-order valence-corrected chi connectivity index (χ4v) is 1.34. The highest BCUT2D eigenvalue weighted by Gasteiger charge is 2.43. The van der Waals surface area contributed by atoms with Crippen LogP contribution < -0.4 is 0 Å². The second kappa shape index (κ2) is 2.49. The fourth-order valence-electron chi connectivity index (χ4n) is 1.34. The maximum atomic E-state index is 8.47. The molecule has 12 heavy (non-hydrogen) atoms. The zero-order chi connectivity index (χ0) is 9.41. The van der Waals surface area contributed by atoms with Gasteiger partial charge in [-0.3, -0.25) is 0 Å². The average molecular weight is 167 g/mol. The summed E-state index contributed by atoms with van der Waals surface area (Å²) in [6.07, 6.45) is 1.38. The van der Waals surface area contributed by atoms with E-state index in [-0.39, 0.29) is 0 Å². The molecule has 1 rings (SSSR count). The molecule has 1 fully saturated rings. The van der Waals surface area contributed by atoms with Crippen LogP contribution in [0, 0.1) is 11.3 Å². The van der Waals surface area contributed by atoms with Crippen LogP contribution in [0.5, 0.6) is 0 Å². The molecule has 1 aliphatic rings. The summed E-state index contributed by atoms with van der Waals surface area (Å²) in [7, 11) is 0. The summed E-state index contributed by atoms with van der Waals surface area (Å²) in [4.78, 5) is 0. The molecule has 0 spiro atoms. The molecule has 0 saturated carbocycles. The first-order valence-electron chi connectivity index (χ1n) is 3.87. The Morgan fingerprint density at radius 2 is 1.92 bits per heavy atom. The van der Waals surface area contributed by atoms with Crippen molar-refractivity contribution in [2.75, 3.05) is 0 Å². The molecule has 1 heterocycles. The van der Waals surface area contributed by atoms with Crippen LogP contribution in [0.15, 0.2) is 11.8 Å². The summed E-state index contributed by atoms with van der Waals surface area (Å²) >= 11 is 0. The second-order valence-electron chi connectivity index (χ2n) is 3.75. The summed E-state index contributed by atoms with van der Waals surface area (Å²) in [5, 5.41) is 8.47. The van der Waals surface area contributed by atoms with Crippen LogP contribution in [-0.4, -0.2) is 11.4 Å². The highest BCUT2D eigenvalue weighted by molar-refractivity contribution is 5.19. The molecule has 0 unspecified atom stereocenters. The van der Waals surface area contributed by atoms with Crippen molar-refractivity contribution in [2.45, 2.75) is 39.1 Å². The van der Waals surface area contributed by atoms with Gasteiger partial charge < -0.3 is 9.47 Å². The topological polar surface area (TPSA) is 42.2 Å². The molecule has 1 aliphatic heterocycles. The number of allylic oxidation sites excluding steroid dienone is 1. The van der Waals surface area contributed by atoms with Crippen LogP contribution in [0.1, 0.15) is 27.7 Å². The van der Waals surface area contributed by atoms with E-state index in [4.69, 9.17) is 14.7 Å². The maximum absolute atomic E-state index is 8.47. The predicted octanol–water partition coefficient (Wildman–Crippen LogP) is 1.96. The van der Waals surface area contributed by atoms with Gasteiger partial charge in [-0.2, -0.15) is 5.26 Å². The smallest absolute Gasteiger partial charge is 0.205 e.